The Hall–Kier alpha value is -2.00. The fourth-order valence-electron chi connectivity index (χ4n) is 2.77. The van der Waals surface area contributed by atoms with Crippen LogP contribution in [0.4, 0.5) is 5.13 Å². The van der Waals surface area contributed by atoms with Gasteiger partial charge < -0.3 is 4.90 Å². The third-order valence-corrected chi connectivity index (χ3v) is 6.56. The summed E-state index contributed by atoms with van der Waals surface area (Å²) in [7, 11) is 0.598. The van der Waals surface area contributed by atoms with E-state index in [2.05, 4.69) is 0 Å². The molecule has 6 nitrogen and oxygen atoms in total. The highest BCUT2D eigenvalue weighted by Crippen LogP contribution is 2.31. The van der Waals surface area contributed by atoms with Crippen LogP contribution in [0.1, 0.15) is 15.9 Å². The molecule has 9 heteroatoms. The Kier molecular flexibility index (Phi) is 7.40. The number of likely N-dealkylation sites (N-methyl/N-ethyl adjacent to an activating group) is 1. The van der Waals surface area contributed by atoms with Crippen molar-refractivity contribution in [3.05, 3.63) is 53.6 Å². The van der Waals surface area contributed by atoms with Gasteiger partial charge in [0.1, 0.15) is 0 Å². The van der Waals surface area contributed by atoms with E-state index in [1.165, 1.54) is 23.5 Å². The second kappa shape index (κ2) is 9.21. The number of carbonyl (C=O) groups excluding carboxylic acids is 1. The molecule has 2 aromatic carbocycles. The zero-order chi connectivity index (χ0) is 20.5. The molecule has 0 N–H and O–H groups in total. The smallest absolute Gasteiger partial charge is 0.260 e. The quantitative estimate of drug-likeness (QED) is 0.569. The average Bonchev–Trinajstić information content (AvgIpc) is 3.06. The summed E-state index contributed by atoms with van der Waals surface area (Å²) in [5.41, 5.74) is 2.40. The summed E-state index contributed by atoms with van der Waals surface area (Å²) in [5.74, 6) is -0.196. The van der Waals surface area contributed by atoms with Crippen LogP contribution in [-0.2, 0) is 9.84 Å². The minimum absolute atomic E-state index is 0. The first-order valence-electron chi connectivity index (χ1n) is 8.79. The number of hydrogen-bond donors (Lipinski definition) is 0. The first-order chi connectivity index (χ1) is 13.2. The second-order valence-electron chi connectivity index (χ2n) is 6.97. The van der Waals surface area contributed by atoms with Crippen LogP contribution in [-0.4, -0.2) is 57.6 Å². The molecule has 0 aliphatic rings. The molecule has 0 unspecified atom stereocenters. The van der Waals surface area contributed by atoms with E-state index in [1.807, 2.05) is 44.1 Å². The largest absolute Gasteiger partial charge is 0.308 e. The van der Waals surface area contributed by atoms with Gasteiger partial charge in [0.25, 0.3) is 5.91 Å². The number of halogens is 1. The summed E-state index contributed by atoms with van der Waals surface area (Å²) >= 11 is 1.48. The van der Waals surface area contributed by atoms with Gasteiger partial charge in [0.15, 0.2) is 15.0 Å². The SMILES string of the molecule is Cc1cccc2sc(N(CCN(C)C)C(=O)c3ccc(S(C)(=O)=O)cc3)nc12.Cl. The van der Waals surface area contributed by atoms with Crippen molar-refractivity contribution in [1.82, 2.24) is 9.88 Å². The lowest BCUT2D eigenvalue weighted by Crippen LogP contribution is -2.36. The molecule has 0 saturated carbocycles. The highest BCUT2D eigenvalue weighted by Gasteiger charge is 2.22. The number of nitrogens with zero attached hydrogens (tertiary/aromatic N) is 3. The molecular weight excluding hydrogens is 430 g/mol. The Morgan fingerprint density at radius 2 is 1.72 bits per heavy atom. The zero-order valence-electron chi connectivity index (χ0n) is 16.7. The molecule has 0 bridgehead atoms. The van der Waals surface area contributed by atoms with Crippen LogP contribution < -0.4 is 4.90 Å². The number of aryl methyl sites for hydroxylation is 1. The summed E-state index contributed by atoms with van der Waals surface area (Å²) in [4.78, 5) is 21.8. The normalized spacial score (nSPS) is 11.5. The van der Waals surface area contributed by atoms with E-state index in [0.29, 0.717) is 23.8 Å². The lowest BCUT2D eigenvalue weighted by Gasteiger charge is -2.22. The van der Waals surface area contributed by atoms with Crippen molar-refractivity contribution in [3.63, 3.8) is 0 Å². The number of rotatable bonds is 6. The number of hydrogen-bond acceptors (Lipinski definition) is 6. The van der Waals surface area contributed by atoms with Gasteiger partial charge in [-0.25, -0.2) is 13.4 Å². The van der Waals surface area contributed by atoms with E-state index in [0.717, 1.165) is 22.0 Å². The van der Waals surface area contributed by atoms with Gasteiger partial charge in [0.2, 0.25) is 0 Å². The van der Waals surface area contributed by atoms with Crippen LogP contribution in [0, 0.1) is 6.92 Å². The molecule has 1 heterocycles. The van der Waals surface area contributed by atoms with E-state index >= 15 is 0 Å². The van der Waals surface area contributed by atoms with Crippen LogP contribution in [0.25, 0.3) is 10.2 Å². The van der Waals surface area contributed by atoms with Crippen LogP contribution in [0.5, 0.6) is 0 Å². The molecule has 1 aromatic heterocycles. The van der Waals surface area contributed by atoms with Crippen molar-refractivity contribution in [2.45, 2.75) is 11.8 Å². The number of thiazole rings is 1. The molecule has 0 aliphatic heterocycles. The molecule has 0 saturated heterocycles. The Morgan fingerprint density at radius 1 is 1.07 bits per heavy atom. The standard InChI is InChI=1S/C20H23N3O3S2.ClH/c1-14-6-5-7-17-18(14)21-20(27-17)23(13-12-22(2)3)19(24)15-8-10-16(11-9-15)28(4,25)26;/h5-11H,12-13H2,1-4H3;1H. The number of amides is 1. The van der Waals surface area contributed by atoms with E-state index in [1.54, 1.807) is 17.0 Å². The summed E-state index contributed by atoms with van der Waals surface area (Å²) in [6.45, 7) is 3.17. The van der Waals surface area contributed by atoms with E-state index < -0.39 is 9.84 Å². The third kappa shape index (κ3) is 5.33. The Balaban J connectivity index is 0.00000300. The molecule has 0 aliphatic carbocycles. The van der Waals surface area contributed by atoms with Crippen LogP contribution in [0.3, 0.4) is 0 Å². The van der Waals surface area contributed by atoms with Crippen molar-refractivity contribution in [3.8, 4) is 0 Å². The first kappa shape index (κ1) is 23.3. The fourth-order valence-corrected chi connectivity index (χ4v) is 4.47. The number of carbonyl (C=O) groups is 1. The topological polar surface area (TPSA) is 70.6 Å². The number of para-hydroxylation sites is 1. The Bertz CT molecular complexity index is 1110. The van der Waals surface area contributed by atoms with Gasteiger partial charge in [-0.2, -0.15) is 0 Å². The summed E-state index contributed by atoms with van der Waals surface area (Å²) < 4.78 is 24.4. The summed E-state index contributed by atoms with van der Waals surface area (Å²) in [5, 5.41) is 0.642. The van der Waals surface area contributed by atoms with E-state index in [9.17, 15) is 13.2 Å². The van der Waals surface area contributed by atoms with Gasteiger partial charge in [-0.15, -0.1) is 12.4 Å². The average molecular weight is 454 g/mol. The Labute approximate surface area is 181 Å². The number of sulfone groups is 1. The zero-order valence-corrected chi connectivity index (χ0v) is 19.2. The Morgan fingerprint density at radius 3 is 2.28 bits per heavy atom. The molecular formula is C20H24ClN3O3S2. The van der Waals surface area contributed by atoms with Gasteiger partial charge in [-0.3, -0.25) is 9.69 Å². The molecule has 0 spiro atoms. The fraction of sp³-hybridized carbons (Fsp3) is 0.300. The predicted molar refractivity (Wildman–Crippen MR) is 121 cm³/mol. The number of aromatic nitrogens is 1. The van der Waals surface area contributed by atoms with Gasteiger partial charge >= 0.3 is 0 Å². The number of fused-ring (bicyclic) bond motifs is 1. The van der Waals surface area contributed by atoms with Crippen LogP contribution in [0.2, 0.25) is 0 Å². The molecule has 3 aromatic rings. The van der Waals surface area contributed by atoms with Gasteiger partial charge in [-0.05, 0) is 56.9 Å². The van der Waals surface area contributed by atoms with E-state index in [-0.39, 0.29) is 23.2 Å². The maximum Gasteiger partial charge on any atom is 0.260 e. The summed E-state index contributed by atoms with van der Waals surface area (Å²) in [6, 6.07) is 12.0. The van der Waals surface area contributed by atoms with Gasteiger partial charge in [0.05, 0.1) is 15.1 Å². The molecule has 0 fully saturated rings. The second-order valence-corrected chi connectivity index (χ2v) is 10.00. The molecule has 1 amide bonds. The third-order valence-electron chi connectivity index (χ3n) is 4.39. The molecule has 156 valence electrons. The minimum Gasteiger partial charge on any atom is -0.308 e. The molecule has 0 atom stereocenters. The van der Waals surface area contributed by atoms with Crippen LogP contribution >= 0.6 is 23.7 Å². The van der Waals surface area contributed by atoms with Gasteiger partial charge in [-0.1, -0.05) is 23.5 Å². The highest BCUT2D eigenvalue weighted by molar-refractivity contribution is 7.90. The minimum atomic E-state index is -3.30. The highest BCUT2D eigenvalue weighted by atomic mass is 35.5. The van der Waals surface area contributed by atoms with Crippen molar-refractivity contribution < 1.29 is 13.2 Å². The van der Waals surface area contributed by atoms with Crippen molar-refractivity contribution >= 4 is 54.8 Å². The molecule has 0 radical (unpaired) electrons. The molecule has 29 heavy (non-hydrogen) atoms. The monoisotopic (exact) mass is 453 g/mol. The number of benzene rings is 2. The predicted octanol–water partition coefficient (Wildman–Crippen LogP) is 3.64. The molecule has 3 rings (SSSR count). The van der Waals surface area contributed by atoms with E-state index in [4.69, 9.17) is 4.98 Å². The lowest BCUT2D eigenvalue weighted by atomic mass is 10.2. The maximum atomic E-state index is 13.2. The van der Waals surface area contributed by atoms with Crippen molar-refractivity contribution in [2.75, 3.05) is 38.3 Å². The van der Waals surface area contributed by atoms with Crippen molar-refractivity contribution in [1.29, 1.82) is 0 Å². The maximum absolute atomic E-state index is 13.2. The van der Waals surface area contributed by atoms with Crippen molar-refractivity contribution in [2.24, 2.45) is 0 Å². The number of anilines is 1. The summed E-state index contributed by atoms with van der Waals surface area (Å²) in [6.07, 6.45) is 1.15. The van der Waals surface area contributed by atoms with Crippen LogP contribution in [0.15, 0.2) is 47.4 Å². The first-order valence-corrected chi connectivity index (χ1v) is 11.5. The lowest BCUT2D eigenvalue weighted by molar-refractivity contribution is 0.0985. The van der Waals surface area contributed by atoms with Gasteiger partial charge in [0, 0.05) is 24.9 Å².